The van der Waals surface area contributed by atoms with Crippen molar-refractivity contribution in [2.24, 2.45) is 0 Å². The second kappa shape index (κ2) is 3.21. The summed E-state index contributed by atoms with van der Waals surface area (Å²) >= 11 is 0. The molecule has 2 aromatic heterocycles. The van der Waals surface area contributed by atoms with Crippen LogP contribution in [0.4, 0.5) is 0 Å². The van der Waals surface area contributed by atoms with Gasteiger partial charge in [-0.3, -0.25) is 4.79 Å². The molecule has 0 saturated carbocycles. The van der Waals surface area contributed by atoms with Gasteiger partial charge in [-0.15, -0.1) is 0 Å². The Balaban J connectivity index is 2.80. The lowest BCUT2D eigenvalue weighted by atomic mass is 10.0. The maximum Gasteiger partial charge on any atom is 0.235 e. The fourth-order valence-electron chi connectivity index (χ4n) is 1.62. The molecule has 0 spiro atoms. The summed E-state index contributed by atoms with van der Waals surface area (Å²) in [5.41, 5.74) is 2.40. The fourth-order valence-corrected chi connectivity index (χ4v) is 1.62. The fraction of sp³-hybridized carbons (Fsp3) is 0.300. The predicted octanol–water partition coefficient (Wildman–Crippen LogP) is 1.31. The van der Waals surface area contributed by atoms with Gasteiger partial charge in [-0.1, -0.05) is 13.8 Å². The molecular formula is C10H10N3O. The smallest absolute Gasteiger partial charge is 0.235 e. The average molecular weight is 188 g/mol. The van der Waals surface area contributed by atoms with Gasteiger partial charge in [0.25, 0.3) is 0 Å². The molecule has 2 rings (SSSR count). The molecule has 0 fully saturated rings. The Morgan fingerprint density at radius 1 is 1.50 bits per heavy atom. The van der Waals surface area contributed by atoms with Gasteiger partial charge in [-0.25, -0.2) is 9.50 Å². The van der Waals surface area contributed by atoms with E-state index in [-0.39, 0.29) is 5.92 Å². The van der Waals surface area contributed by atoms with Crippen LogP contribution in [-0.2, 0) is 4.79 Å². The molecule has 0 aromatic carbocycles. The van der Waals surface area contributed by atoms with Gasteiger partial charge in [0.1, 0.15) is 6.33 Å². The standard InChI is InChI=1S/C10H10N3O/c1-7(2)10-8(5-14)4-13-9(10)3-11-6-12-13/h3-4,6-7H,1-2H3. The summed E-state index contributed by atoms with van der Waals surface area (Å²) < 4.78 is 1.66. The van der Waals surface area contributed by atoms with Gasteiger partial charge in [0.15, 0.2) is 0 Å². The monoisotopic (exact) mass is 188 g/mol. The zero-order valence-electron chi connectivity index (χ0n) is 8.06. The third-order valence-electron chi connectivity index (χ3n) is 2.19. The first kappa shape index (κ1) is 8.87. The Morgan fingerprint density at radius 2 is 2.29 bits per heavy atom. The van der Waals surface area contributed by atoms with Crippen molar-refractivity contribution in [2.45, 2.75) is 19.8 Å². The zero-order valence-corrected chi connectivity index (χ0v) is 8.06. The number of nitrogens with zero attached hydrogens (tertiary/aromatic N) is 3. The molecular weight excluding hydrogens is 178 g/mol. The molecule has 4 nitrogen and oxygen atoms in total. The summed E-state index contributed by atoms with van der Waals surface area (Å²) in [6.07, 6.45) is 6.77. The lowest BCUT2D eigenvalue weighted by molar-refractivity contribution is 0.562. The van der Waals surface area contributed by atoms with Gasteiger partial charge in [0, 0.05) is 6.20 Å². The molecule has 0 N–H and O–H groups in total. The highest BCUT2D eigenvalue weighted by molar-refractivity contribution is 5.82. The number of aromatic nitrogens is 3. The van der Waals surface area contributed by atoms with Crippen LogP contribution in [0.15, 0.2) is 18.7 Å². The van der Waals surface area contributed by atoms with E-state index in [9.17, 15) is 4.79 Å². The van der Waals surface area contributed by atoms with Gasteiger partial charge in [-0.05, 0) is 11.5 Å². The number of hydrogen-bond donors (Lipinski definition) is 0. The van der Waals surface area contributed by atoms with E-state index in [2.05, 4.69) is 10.1 Å². The molecule has 2 heterocycles. The van der Waals surface area contributed by atoms with E-state index in [1.807, 2.05) is 20.1 Å². The van der Waals surface area contributed by atoms with E-state index in [0.717, 1.165) is 11.1 Å². The van der Waals surface area contributed by atoms with Gasteiger partial charge < -0.3 is 0 Å². The van der Waals surface area contributed by atoms with Crippen LogP contribution in [0.25, 0.3) is 5.52 Å². The number of carbonyl (C=O) groups excluding carboxylic acids is 1. The Labute approximate surface area is 81.6 Å². The predicted molar refractivity (Wildman–Crippen MR) is 51.9 cm³/mol. The molecule has 0 atom stereocenters. The van der Waals surface area contributed by atoms with E-state index in [4.69, 9.17) is 0 Å². The Kier molecular flexibility index (Phi) is 2.04. The summed E-state index contributed by atoms with van der Waals surface area (Å²) in [5.74, 6) is 0.266. The van der Waals surface area contributed by atoms with Crippen LogP contribution in [0, 0.1) is 0 Å². The first-order chi connectivity index (χ1) is 6.74. The van der Waals surface area contributed by atoms with Crippen LogP contribution in [0.3, 0.4) is 0 Å². The molecule has 14 heavy (non-hydrogen) atoms. The van der Waals surface area contributed by atoms with Crippen LogP contribution in [0.1, 0.15) is 30.9 Å². The molecule has 0 aliphatic heterocycles. The third kappa shape index (κ3) is 1.19. The Hall–Kier alpha value is -1.71. The largest absolute Gasteiger partial charge is 0.285 e. The summed E-state index contributed by atoms with van der Waals surface area (Å²) in [5, 5.41) is 4.02. The molecule has 1 radical (unpaired) electrons. The van der Waals surface area contributed by atoms with Crippen molar-refractivity contribution < 1.29 is 4.79 Å². The van der Waals surface area contributed by atoms with E-state index in [1.165, 1.54) is 6.33 Å². The molecule has 0 aliphatic rings. The number of fused-ring (bicyclic) bond motifs is 1. The highest BCUT2D eigenvalue weighted by Crippen LogP contribution is 2.23. The van der Waals surface area contributed by atoms with Gasteiger partial charge >= 0.3 is 0 Å². The maximum absolute atomic E-state index is 10.7. The first-order valence-corrected chi connectivity index (χ1v) is 4.43. The van der Waals surface area contributed by atoms with E-state index in [1.54, 1.807) is 16.9 Å². The molecule has 2 aromatic rings. The molecule has 4 heteroatoms. The van der Waals surface area contributed by atoms with Crippen LogP contribution in [-0.4, -0.2) is 20.9 Å². The zero-order chi connectivity index (χ0) is 10.1. The lowest BCUT2D eigenvalue weighted by Crippen LogP contribution is -1.93. The van der Waals surface area contributed by atoms with Crippen molar-refractivity contribution in [1.82, 2.24) is 14.6 Å². The molecule has 0 saturated heterocycles. The molecule has 0 aliphatic carbocycles. The molecule has 0 bridgehead atoms. The van der Waals surface area contributed by atoms with Crippen molar-refractivity contribution in [2.75, 3.05) is 0 Å². The van der Waals surface area contributed by atoms with Crippen molar-refractivity contribution in [3.8, 4) is 0 Å². The van der Waals surface area contributed by atoms with Crippen LogP contribution in [0.2, 0.25) is 0 Å². The van der Waals surface area contributed by atoms with Gasteiger partial charge in [0.05, 0.1) is 17.3 Å². The molecule has 0 amide bonds. The normalized spacial score (nSPS) is 11.1. The van der Waals surface area contributed by atoms with Gasteiger partial charge in [0.2, 0.25) is 6.29 Å². The minimum Gasteiger partial charge on any atom is -0.285 e. The quantitative estimate of drug-likeness (QED) is 0.713. The second-order valence-electron chi connectivity index (χ2n) is 3.45. The summed E-state index contributed by atoms with van der Waals surface area (Å²) in [4.78, 5) is 14.7. The van der Waals surface area contributed by atoms with E-state index in [0.29, 0.717) is 5.56 Å². The summed E-state index contributed by atoms with van der Waals surface area (Å²) in [6, 6.07) is 0. The summed E-state index contributed by atoms with van der Waals surface area (Å²) in [7, 11) is 0. The first-order valence-electron chi connectivity index (χ1n) is 4.43. The molecule has 71 valence electrons. The lowest BCUT2D eigenvalue weighted by Gasteiger charge is -2.02. The molecule has 0 unspecified atom stereocenters. The van der Waals surface area contributed by atoms with Crippen LogP contribution >= 0.6 is 0 Å². The summed E-state index contributed by atoms with van der Waals surface area (Å²) in [6.45, 7) is 4.06. The Bertz CT molecular complexity index is 473. The van der Waals surface area contributed by atoms with E-state index < -0.39 is 0 Å². The van der Waals surface area contributed by atoms with Crippen LogP contribution < -0.4 is 0 Å². The van der Waals surface area contributed by atoms with Crippen molar-refractivity contribution in [3.63, 3.8) is 0 Å². The van der Waals surface area contributed by atoms with Crippen molar-refractivity contribution in [1.29, 1.82) is 0 Å². The minimum atomic E-state index is 0.266. The Morgan fingerprint density at radius 3 is 2.93 bits per heavy atom. The maximum atomic E-state index is 10.7. The topological polar surface area (TPSA) is 47.3 Å². The van der Waals surface area contributed by atoms with Crippen molar-refractivity contribution in [3.05, 3.63) is 29.8 Å². The number of rotatable bonds is 2. The van der Waals surface area contributed by atoms with Crippen LogP contribution in [0.5, 0.6) is 0 Å². The second-order valence-corrected chi connectivity index (χ2v) is 3.45. The van der Waals surface area contributed by atoms with Gasteiger partial charge in [-0.2, -0.15) is 5.10 Å². The average Bonchev–Trinajstić information content (AvgIpc) is 2.55. The third-order valence-corrected chi connectivity index (χ3v) is 2.19. The highest BCUT2D eigenvalue weighted by Gasteiger charge is 2.14. The minimum absolute atomic E-state index is 0.266. The van der Waals surface area contributed by atoms with E-state index >= 15 is 0 Å². The number of hydrogen-bond acceptors (Lipinski definition) is 3. The highest BCUT2D eigenvalue weighted by atomic mass is 16.1. The SMILES string of the molecule is CC(C)c1c([C]=O)cn2ncncc12. The van der Waals surface area contributed by atoms with Crippen molar-refractivity contribution >= 4 is 11.8 Å².